The number of pyridine rings is 1. The van der Waals surface area contributed by atoms with Gasteiger partial charge >= 0.3 is 0 Å². The minimum atomic E-state index is -0.200. The molecule has 5 nitrogen and oxygen atoms in total. The third-order valence-corrected chi connectivity index (χ3v) is 2.80. The van der Waals surface area contributed by atoms with Gasteiger partial charge in [0.25, 0.3) is 5.91 Å². The molecule has 0 aromatic carbocycles. The molecule has 0 aliphatic heterocycles. The van der Waals surface area contributed by atoms with Crippen LogP contribution in [0.25, 0.3) is 0 Å². The maximum Gasteiger partial charge on any atom is 0.255 e. The number of ether oxygens (including phenoxy) is 1. The number of methoxy groups -OCH3 is 1. The van der Waals surface area contributed by atoms with Crippen LogP contribution in [0.15, 0.2) is 12.3 Å². The first-order valence-electron chi connectivity index (χ1n) is 5.14. The van der Waals surface area contributed by atoms with Crippen molar-refractivity contribution in [1.82, 2.24) is 9.88 Å². The first-order chi connectivity index (χ1) is 7.97. The minimum absolute atomic E-state index is 0.0436. The number of anilines is 1. The number of amides is 1. The van der Waals surface area contributed by atoms with Gasteiger partial charge in [0.15, 0.2) is 0 Å². The molecule has 1 atom stereocenters. The van der Waals surface area contributed by atoms with E-state index in [0.717, 1.165) is 0 Å². The number of carbonyl (C=O) groups excluding carboxylic acids is 1. The van der Waals surface area contributed by atoms with Crippen molar-refractivity contribution >= 4 is 23.3 Å². The van der Waals surface area contributed by atoms with Crippen LogP contribution in [0.3, 0.4) is 0 Å². The number of rotatable bonds is 4. The monoisotopic (exact) mass is 257 g/mol. The van der Waals surface area contributed by atoms with Gasteiger partial charge in [-0.25, -0.2) is 4.98 Å². The van der Waals surface area contributed by atoms with Crippen molar-refractivity contribution in [2.24, 2.45) is 0 Å². The van der Waals surface area contributed by atoms with E-state index in [-0.39, 0.29) is 17.8 Å². The van der Waals surface area contributed by atoms with Crippen molar-refractivity contribution < 1.29 is 9.53 Å². The van der Waals surface area contributed by atoms with E-state index in [4.69, 9.17) is 22.1 Å². The van der Waals surface area contributed by atoms with Crippen molar-refractivity contribution in [3.05, 3.63) is 22.8 Å². The molecule has 17 heavy (non-hydrogen) atoms. The lowest BCUT2D eigenvalue weighted by molar-refractivity contribution is 0.0633. The van der Waals surface area contributed by atoms with E-state index in [2.05, 4.69) is 4.98 Å². The number of hydrogen-bond donors (Lipinski definition) is 1. The van der Waals surface area contributed by atoms with Crippen LogP contribution in [0.5, 0.6) is 0 Å². The largest absolute Gasteiger partial charge is 0.384 e. The average molecular weight is 258 g/mol. The van der Waals surface area contributed by atoms with Crippen LogP contribution in [0.4, 0.5) is 5.82 Å². The molecule has 1 aromatic heterocycles. The Morgan fingerprint density at radius 2 is 2.35 bits per heavy atom. The Labute approximate surface area is 106 Å². The molecule has 1 amide bonds. The fraction of sp³-hybridized carbons (Fsp3) is 0.455. The van der Waals surface area contributed by atoms with Crippen LogP contribution in [0.2, 0.25) is 5.02 Å². The van der Waals surface area contributed by atoms with Crippen LogP contribution in [0, 0.1) is 0 Å². The van der Waals surface area contributed by atoms with E-state index in [1.807, 2.05) is 6.92 Å². The first-order valence-corrected chi connectivity index (χ1v) is 5.52. The number of hydrogen-bond acceptors (Lipinski definition) is 4. The number of carbonyl (C=O) groups is 1. The van der Waals surface area contributed by atoms with E-state index in [1.165, 1.54) is 12.3 Å². The zero-order chi connectivity index (χ0) is 13.0. The predicted molar refractivity (Wildman–Crippen MR) is 67.1 cm³/mol. The zero-order valence-corrected chi connectivity index (χ0v) is 10.9. The van der Waals surface area contributed by atoms with Crippen molar-refractivity contribution in [3.63, 3.8) is 0 Å². The summed E-state index contributed by atoms with van der Waals surface area (Å²) in [6, 6.07) is 1.43. The molecular formula is C11H16ClN3O2. The van der Waals surface area contributed by atoms with Gasteiger partial charge in [-0.3, -0.25) is 4.79 Å². The third-order valence-electron chi connectivity index (χ3n) is 2.50. The lowest BCUT2D eigenvalue weighted by atomic mass is 10.2. The number of nitrogen functional groups attached to an aromatic ring is 1. The molecule has 0 spiro atoms. The molecule has 0 radical (unpaired) electrons. The van der Waals surface area contributed by atoms with Gasteiger partial charge in [0, 0.05) is 20.4 Å². The first kappa shape index (κ1) is 13.7. The Morgan fingerprint density at radius 1 is 1.71 bits per heavy atom. The molecule has 0 saturated carbocycles. The summed E-state index contributed by atoms with van der Waals surface area (Å²) in [6.45, 7) is 2.35. The molecule has 0 aliphatic rings. The van der Waals surface area contributed by atoms with Crippen LogP contribution in [-0.4, -0.2) is 42.6 Å². The third kappa shape index (κ3) is 3.31. The van der Waals surface area contributed by atoms with Gasteiger partial charge in [0.05, 0.1) is 23.2 Å². The lowest BCUT2D eigenvalue weighted by Gasteiger charge is -2.24. The highest BCUT2D eigenvalue weighted by Crippen LogP contribution is 2.19. The van der Waals surface area contributed by atoms with Gasteiger partial charge in [0.2, 0.25) is 0 Å². The number of aromatic nitrogens is 1. The van der Waals surface area contributed by atoms with Gasteiger partial charge < -0.3 is 15.4 Å². The molecule has 1 aromatic rings. The molecule has 1 unspecified atom stereocenters. The number of halogens is 1. The number of likely N-dealkylation sites (N-methyl/N-ethyl adjacent to an activating group) is 1. The molecule has 0 saturated heterocycles. The normalized spacial score (nSPS) is 12.2. The smallest absolute Gasteiger partial charge is 0.255 e. The van der Waals surface area contributed by atoms with Gasteiger partial charge in [-0.15, -0.1) is 0 Å². The van der Waals surface area contributed by atoms with Gasteiger partial charge in [-0.1, -0.05) is 11.6 Å². The number of nitrogens with zero attached hydrogens (tertiary/aromatic N) is 2. The van der Waals surface area contributed by atoms with E-state index < -0.39 is 0 Å². The Hall–Kier alpha value is -1.33. The van der Waals surface area contributed by atoms with Gasteiger partial charge in [-0.05, 0) is 13.0 Å². The van der Waals surface area contributed by atoms with Crippen LogP contribution in [0.1, 0.15) is 17.3 Å². The van der Waals surface area contributed by atoms with E-state index in [0.29, 0.717) is 17.2 Å². The predicted octanol–water partition coefficient (Wildman–Crippen LogP) is 1.42. The molecule has 0 bridgehead atoms. The van der Waals surface area contributed by atoms with Gasteiger partial charge in [-0.2, -0.15) is 0 Å². The highest BCUT2D eigenvalue weighted by molar-refractivity contribution is 6.33. The van der Waals surface area contributed by atoms with Crippen molar-refractivity contribution in [2.45, 2.75) is 13.0 Å². The van der Waals surface area contributed by atoms with Crippen molar-refractivity contribution in [1.29, 1.82) is 0 Å². The molecule has 0 aliphatic carbocycles. The quantitative estimate of drug-likeness (QED) is 0.886. The summed E-state index contributed by atoms with van der Waals surface area (Å²) >= 11 is 5.92. The van der Waals surface area contributed by atoms with Crippen molar-refractivity contribution in [2.75, 3.05) is 26.5 Å². The summed E-state index contributed by atoms with van der Waals surface area (Å²) in [5.41, 5.74) is 5.89. The summed E-state index contributed by atoms with van der Waals surface area (Å²) in [4.78, 5) is 17.5. The molecule has 0 fully saturated rings. The average Bonchev–Trinajstić information content (AvgIpc) is 2.30. The molecule has 1 heterocycles. The molecule has 1 rings (SSSR count). The minimum Gasteiger partial charge on any atom is -0.384 e. The fourth-order valence-electron chi connectivity index (χ4n) is 1.36. The fourth-order valence-corrected chi connectivity index (χ4v) is 1.55. The van der Waals surface area contributed by atoms with E-state index in [1.54, 1.807) is 19.1 Å². The van der Waals surface area contributed by atoms with Crippen LogP contribution in [-0.2, 0) is 4.74 Å². The highest BCUT2D eigenvalue weighted by Gasteiger charge is 2.20. The Kier molecular flexibility index (Phi) is 4.72. The summed E-state index contributed by atoms with van der Waals surface area (Å²) in [5, 5.41) is 0.292. The summed E-state index contributed by atoms with van der Waals surface area (Å²) < 4.78 is 5.00. The zero-order valence-electron chi connectivity index (χ0n) is 10.1. The SMILES string of the molecule is COCC(C)N(C)C(=O)c1cc(N)ncc1Cl. The lowest BCUT2D eigenvalue weighted by Crippen LogP contribution is -2.38. The highest BCUT2D eigenvalue weighted by atomic mass is 35.5. The second-order valence-corrected chi connectivity index (χ2v) is 4.22. The topological polar surface area (TPSA) is 68.5 Å². The number of nitrogens with two attached hydrogens (primary N) is 1. The van der Waals surface area contributed by atoms with Crippen LogP contribution < -0.4 is 5.73 Å². The standard InChI is InChI=1S/C11H16ClN3O2/c1-7(6-17-3)15(2)11(16)8-4-10(13)14-5-9(8)12/h4-5,7H,6H2,1-3H3,(H2,13,14). The Bertz CT molecular complexity index is 412. The van der Waals surface area contributed by atoms with Crippen LogP contribution >= 0.6 is 11.6 Å². The summed E-state index contributed by atoms with van der Waals surface area (Å²) in [6.07, 6.45) is 1.37. The van der Waals surface area contributed by atoms with E-state index in [9.17, 15) is 4.79 Å². The van der Waals surface area contributed by atoms with Gasteiger partial charge in [0.1, 0.15) is 5.82 Å². The maximum atomic E-state index is 12.1. The molecular weight excluding hydrogens is 242 g/mol. The molecule has 94 valence electrons. The summed E-state index contributed by atoms with van der Waals surface area (Å²) in [5.74, 6) is 0.0687. The maximum absolute atomic E-state index is 12.1. The Morgan fingerprint density at radius 3 is 2.94 bits per heavy atom. The van der Waals surface area contributed by atoms with E-state index >= 15 is 0 Å². The molecule has 2 N–H and O–H groups in total. The second-order valence-electron chi connectivity index (χ2n) is 3.81. The van der Waals surface area contributed by atoms with Crippen molar-refractivity contribution in [3.8, 4) is 0 Å². The Balaban J connectivity index is 2.92. The second kappa shape index (κ2) is 5.84. The molecule has 6 heteroatoms. The summed E-state index contributed by atoms with van der Waals surface area (Å²) in [7, 11) is 3.28.